The first-order chi connectivity index (χ1) is 8.65. The van der Waals surface area contributed by atoms with Crippen molar-refractivity contribution in [3.8, 4) is 0 Å². The number of hydrogen-bond acceptors (Lipinski definition) is 5. The molecule has 0 aliphatic carbocycles. The van der Waals surface area contributed by atoms with Gasteiger partial charge in [0.1, 0.15) is 5.76 Å². The Balaban J connectivity index is 1.74. The quantitative estimate of drug-likeness (QED) is 0.851. The molecule has 1 aliphatic heterocycles. The summed E-state index contributed by atoms with van der Waals surface area (Å²) in [4.78, 5) is 6.70. The lowest BCUT2D eigenvalue weighted by Gasteiger charge is -2.29. The minimum absolute atomic E-state index is 0.438. The van der Waals surface area contributed by atoms with E-state index in [2.05, 4.69) is 22.1 Å². The third-order valence-corrected chi connectivity index (χ3v) is 3.25. The molecule has 1 aromatic heterocycles. The average Bonchev–Trinajstić information content (AvgIpc) is 2.66. The van der Waals surface area contributed by atoms with Crippen LogP contribution in [-0.2, 0) is 11.3 Å². The van der Waals surface area contributed by atoms with Gasteiger partial charge in [-0.1, -0.05) is 0 Å². The first-order valence-electron chi connectivity index (χ1n) is 6.61. The van der Waals surface area contributed by atoms with Crippen molar-refractivity contribution >= 4 is 0 Å². The Morgan fingerprint density at radius 1 is 1.33 bits per heavy atom. The molecule has 2 heterocycles. The van der Waals surface area contributed by atoms with Crippen LogP contribution in [0.1, 0.15) is 24.3 Å². The third kappa shape index (κ3) is 3.80. The van der Waals surface area contributed by atoms with Crippen LogP contribution in [-0.4, -0.2) is 48.8 Å². The molecule has 5 nitrogen and oxygen atoms in total. The van der Waals surface area contributed by atoms with Crippen molar-refractivity contribution in [1.82, 2.24) is 15.2 Å². The predicted molar refractivity (Wildman–Crippen MR) is 69.5 cm³/mol. The number of nitrogens with one attached hydrogen (secondary N) is 1. The van der Waals surface area contributed by atoms with Crippen LogP contribution in [0, 0.1) is 13.8 Å². The Kier molecular flexibility index (Phi) is 4.74. The van der Waals surface area contributed by atoms with Crippen LogP contribution >= 0.6 is 0 Å². The van der Waals surface area contributed by atoms with Crippen LogP contribution in [0.5, 0.6) is 0 Å². The first-order valence-corrected chi connectivity index (χ1v) is 6.61. The van der Waals surface area contributed by atoms with Crippen molar-refractivity contribution in [3.63, 3.8) is 0 Å². The summed E-state index contributed by atoms with van der Waals surface area (Å²) < 4.78 is 10.9. The monoisotopic (exact) mass is 253 g/mol. The minimum atomic E-state index is 0.438. The predicted octanol–water partition coefficient (Wildman–Crippen LogP) is 1.10. The molecule has 1 saturated heterocycles. The molecule has 0 spiro atoms. The van der Waals surface area contributed by atoms with Crippen LogP contribution in [0.15, 0.2) is 4.42 Å². The summed E-state index contributed by atoms with van der Waals surface area (Å²) in [5, 5.41) is 3.48. The Bertz CT molecular complexity index is 372. The second kappa shape index (κ2) is 6.31. The Morgan fingerprint density at radius 3 is 2.67 bits per heavy atom. The van der Waals surface area contributed by atoms with Gasteiger partial charge >= 0.3 is 0 Å². The fourth-order valence-electron chi connectivity index (χ4n) is 2.24. The number of oxazole rings is 1. The van der Waals surface area contributed by atoms with Crippen molar-refractivity contribution in [2.75, 3.05) is 32.8 Å². The Hall–Kier alpha value is -0.910. The van der Waals surface area contributed by atoms with Crippen molar-refractivity contribution in [2.24, 2.45) is 0 Å². The maximum Gasteiger partial charge on any atom is 0.191 e. The van der Waals surface area contributed by atoms with E-state index in [1.54, 1.807) is 0 Å². The Morgan fingerprint density at radius 2 is 2.06 bits per heavy atom. The second-order valence-electron chi connectivity index (χ2n) is 4.94. The number of aromatic nitrogens is 1. The largest absolute Gasteiger partial charge is 0.444 e. The molecule has 102 valence electrons. The molecular formula is C13H23N3O2. The lowest BCUT2D eigenvalue weighted by molar-refractivity contribution is 0.0342. The number of ether oxygens (including phenoxy) is 1. The van der Waals surface area contributed by atoms with E-state index in [0.29, 0.717) is 6.04 Å². The molecule has 1 N–H and O–H groups in total. The molecule has 1 unspecified atom stereocenters. The van der Waals surface area contributed by atoms with E-state index in [1.807, 2.05) is 13.8 Å². The van der Waals surface area contributed by atoms with E-state index in [1.165, 1.54) is 0 Å². The number of nitrogens with zero attached hydrogens (tertiary/aromatic N) is 2. The van der Waals surface area contributed by atoms with Gasteiger partial charge in [0.15, 0.2) is 5.89 Å². The van der Waals surface area contributed by atoms with Crippen LogP contribution in [0.4, 0.5) is 0 Å². The number of aryl methyl sites for hydroxylation is 2. The van der Waals surface area contributed by atoms with Gasteiger partial charge in [0.05, 0.1) is 25.5 Å². The summed E-state index contributed by atoms with van der Waals surface area (Å²) in [7, 11) is 0. The summed E-state index contributed by atoms with van der Waals surface area (Å²) in [5.74, 6) is 1.69. The summed E-state index contributed by atoms with van der Waals surface area (Å²) in [5.41, 5.74) is 0.985. The van der Waals surface area contributed by atoms with Crippen molar-refractivity contribution in [3.05, 3.63) is 17.3 Å². The van der Waals surface area contributed by atoms with Crippen molar-refractivity contribution in [2.45, 2.75) is 33.4 Å². The zero-order valence-electron chi connectivity index (χ0n) is 11.5. The lowest BCUT2D eigenvalue weighted by Crippen LogP contribution is -2.44. The summed E-state index contributed by atoms with van der Waals surface area (Å²) in [6.07, 6.45) is 0. The first kappa shape index (κ1) is 13.5. The van der Waals surface area contributed by atoms with Gasteiger partial charge in [-0.15, -0.1) is 0 Å². The fraction of sp³-hybridized carbons (Fsp3) is 0.769. The van der Waals surface area contributed by atoms with Gasteiger partial charge in [0, 0.05) is 32.6 Å². The zero-order chi connectivity index (χ0) is 13.0. The smallest absolute Gasteiger partial charge is 0.191 e. The number of morpholine rings is 1. The van der Waals surface area contributed by atoms with Crippen LogP contribution in [0.2, 0.25) is 0 Å². The third-order valence-electron chi connectivity index (χ3n) is 3.25. The van der Waals surface area contributed by atoms with E-state index < -0.39 is 0 Å². The van der Waals surface area contributed by atoms with Crippen LogP contribution in [0.25, 0.3) is 0 Å². The lowest BCUT2D eigenvalue weighted by atomic mass is 10.2. The highest BCUT2D eigenvalue weighted by Crippen LogP contribution is 2.09. The van der Waals surface area contributed by atoms with Crippen molar-refractivity contribution in [1.29, 1.82) is 0 Å². The molecule has 1 aromatic rings. The molecule has 2 rings (SSSR count). The minimum Gasteiger partial charge on any atom is -0.444 e. The zero-order valence-corrected chi connectivity index (χ0v) is 11.5. The molecule has 0 aromatic carbocycles. The molecule has 1 aliphatic rings. The maximum absolute atomic E-state index is 5.55. The Labute approximate surface area is 109 Å². The van der Waals surface area contributed by atoms with Gasteiger partial charge in [-0.25, -0.2) is 4.98 Å². The normalized spacial score (nSPS) is 19.1. The second-order valence-corrected chi connectivity index (χ2v) is 4.94. The average molecular weight is 253 g/mol. The number of rotatable bonds is 5. The summed E-state index contributed by atoms with van der Waals surface area (Å²) >= 11 is 0. The summed E-state index contributed by atoms with van der Waals surface area (Å²) in [6, 6.07) is 0.438. The van der Waals surface area contributed by atoms with E-state index in [0.717, 1.165) is 56.7 Å². The van der Waals surface area contributed by atoms with Crippen LogP contribution in [0.3, 0.4) is 0 Å². The van der Waals surface area contributed by atoms with E-state index in [9.17, 15) is 0 Å². The van der Waals surface area contributed by atoms with Crippen molar-refractivity contribution < 1.29 is 9.15 Å². The standard InChI is InChI=1S/C13H23N3O2/c1-10(9-16-4-6-17-7-5-16)14-8-13-11(2)15-12(3)18-13/h10,14H,4-9H2,1-3H3. The van der Waals surface area contributed by atoms with Gasteiger partial charge in [0.25, 0.3) is 0 Å². The highest BCUT2D eigenvalue weighted by Gasteiger charge is 2.14. The molecular weight excluding hydrogens is 230 g/mol. The van der Waals surface area contributed by atoms with Gasteiger partial charge in [0.2, 0.25) is 0 Å². The molecule has 1 fully saturated rings. The molecule has 1 atom stereocenters. The molecule has 0 bridgehead atoms. The molecule has 0 saturated carbocycles. The summed E-state index contributed by atoms with van der Waals surface area (Å²) in [6.45, 7) is 11.6. The maximum atomic E-state index is 5.55. The van der Waals surface area contributed by atoms with Gasteiger partial charge < -0.3 is 14.5 Å². The topological polar surface area (TPSA) is 50.5 Å². The van der Waals surface area contributed by atoms with Crippen LogP contribution < -0.4 is 5.32 Å². The van der Waals surface area contributed by atoms with Gasteiger partial charge in [-0.05, 0) is 13.8 Å². The molecule has 18 heavy (non-hydrogen) atoms. The van der Waals surface area contributed by atoms with Gasteiger partial charge in [-0.2, -0.15) is 0 Å². The molecule has 0 radical (unpaired) electrons. The van der Waals surface area contributed by atoms with E-state index in [-0.39, 0.29) is 0 Å². The number of hydrogen-bond donors (Lipinski definition) is 1. The highest BCUT2D eigenvalue weighted by molar-refractivity contribution is 5.07. The molecule has 5 heteroatoms. The molecule has 0 amide bonds. The fourth-order valence-corrected chi connectivity index (χ4v) is 2.24. The van der Waals surface area contributed by atoms with Gasteiger partial charge in [-0.3, -0.25) is 4.90 Å². The highest BCUT2D eigenvalue weighted by atomic mass is 16.5. The van der Waals surface area contributed by atoms with E-state index in [4.69, 9.17) is 9.15 Å². The SMILES string of the molecule is Cc1nc(C)c(CNC(C)CN2CCOCC2)o1. The van der Waals surface area contributed by atoms with E-state index >= 15 is 0 Å².